The molecule has 0 spiro atoms. The molecule has 1 aromatic carbocycles. The highest BCUT2D eigenvalue weighted by Gasteiger charge is 2.31. The summed E-state index contributed by atoms with van der Waals surface area (Å²) in [6.45, 7) is 3.30. The van der Waals surface area contributed by atoms with Crippen molar-refractivity contribution in [1.29, 1.82) is 0 Å². The molecule has 0 aromatic heterocycles. The Morgan fingerprint density at radius 3 is 2.80 bits per heavy atom. The first-order valence-electron chi connectivity index (χ1n) is 5.00. The standard InChI is InChI=1S/C11H15ClN2O/c1-11(15)4-5-14(7-11)10-3-2-8(12)6-9(10)13/h2-3,6,15H,4-5,7,13H2,1H3. The van der Waals surface area contributed by atoms with Gasteiger partial charge in [-0.15, -0.1) is 0 Å². The van der Waals surface area contributed by atoms with Crippen LogP contribution < -0.4 is 10.6 Å². The van der Waals surface area contributed by atoms with E-state index in [2.05, 4.69) is 4.90 Å². The average Bonchev–Trinajstić information content (AvgIpc) is 2.46. The van der Waals surface area contributed by atoms with Gasteiger partial charge in [0.1, 0.15) is 0 Å². The summed E-state index contributed by atoms with van der Waals surface area (Å²) < 4.78 is 0. The molecule has 1 fully saturated rings. The van der Waals surface area contributed by atoms with Crippen LogP contribution in [0.4, 0.5) is 11.4 Å². The van der Waals surface area contributed by atoms with E-state index in [9.17, 15) is 5.11 Å². The van der Waals surface area contributed by atoms with Gasteiger partial charge in [-0.1, -0.05) is 11.6 Å². The van der Waals surface area contributed by atoms with Crippen LogP contribution in [-0.4, -0.2) is 23.8 Å². The van der Waals surface area contributed by atoms with Crippen molar-refractivity contribution in [3.63, 3.8) is 0 Å². The summed E-state index contributed by atoms with van der Waals surface area (Å²) in [4.78, 5) is 2.09. The lowest BCUT2D eigenvalue weighted by molar-refractivity contribution is 0.0839. The fourth-order valence-electron chi connectivity index (χ4n) is 1.96. The number of nitrogens with zero attached hydrogens (tertiary/aromatic N) is 1. The van der Waals surface area contributed by atoms with Crippen molar-refractivity contribution in [3.05, 3.63) is 23.2 Å². The lowest BCUT2D eigenvalue weighted by Gasteiger charge is -2.22. The number of aliphatic hydroxyl groups is 1. The van der Waals surface area contributed by atoms with Crippen molar-refractivity contribution in [3.8, 4) is 0 Å². The minimum Gasteiger partial charge on any atom is -0.397 e. The molecule has 4 heteroatoms. The van der Waals surface area contributed by atoms with Crippen molar-refractivity contribution in [2.24, 2.45) is 0 Å². The monoisotopic (exact) mass is 226 g/mol. The zero-order chi connectivity index (χ0) is 11.1. The zero-order valence-electron chi connectivity index (χ0n) is 8.70. The zero-order valence-corrected chi connectivity index (χ0v) is 9.46. The smallest absolute Gasteiger partial charge is 0.0810 e. The van der Waals surface area contributed by atoms with Gasteiger partial charge in [0.2, 0.25) is 0 Å². The number of halogens is 1. The number of β-amino-alcohol motifs (C(OH)–C–C–N with tert-alkyl or cyclic N) is 1. The van der Waals surface area contributed by atoms with Gasteiger partial charge in [-0.25, -0.2) is 0 Å². The molecule has 0 aliphatic carbocycles. The lowest BCUT2D eigenvalue weighted by Crippen LogP contribution is -2.29. The molecule has 1 atom stereocenters. The van der Waals surface area contributed by atoms with E-state index in [-0.39, 0.29) is 0 Å². The van der Waals surface area contributed by atoms with Crippen LogP contribution in [-0.2, 0) is 0 Å². The van der Waals surface area contributed by atoms with Crippen molar-refractivity contribution >= 4 is 23.0 Å². The Hall–Kier alpha value is -0.930. The highest BCUT2D eigenvalue weighted by Crippen LogP contribution is 2.31. The third-order valence-electron chi connectivity index (χ3n) is 2.78. The number of hydrogen-bond acceptors (Lipinski definition) is 3. The minimum atomic E-state index is -0.605. The second kappa shape index (κ2) is 3.58. The maximum absolute atomic E-state index is 9.86. The summed E-state index contributed by atoms with van der Waals surface area (Å²) in [6.07, 6.45) is 0.773. The van der Waals surface area contributed by atoms with Gasteiger partial charge >= 0.3 is 0 Å². The Morgan fingerprint density at radius 1 is 1.53 bits per heavy atom. The van der Waals surface area contributed by atoms with Gasteiger partial charge < -0.3 is 15.7 Å². The van der Waals surface area contributed by atoms with Crippen LogP contribution >= 0.6 is 11.6 Å². The van der Waals surface area contributed by atoms with Gasteiger partial charge in [-0.3, -0.25) is 0 Å². The minimum absolute atomic E-state index is 0.605. The van der Waals surface area contributed by atoms with Crippen LogP contribution in [0.25, 0.3) is 0 Å². The number of nitrogen functional groups attached to an aromatic ring is 1. The van der Waals surface area contributed by atoms with Gasteiger partial charge in [0.05, 0.1) is 17.0 Å². The maximum Gasteiger partial charge on any atom is 0.0810 e. The van der Waals surface area contributed by atoms with E-state index in [1.807, 2.05) is 19.1 Å². The van der Waals surface area contributed by atoms with E-state index in [4.69, 9.17) is 17.3 Å². The molecule has 0 saturated carbocycles. The van der Waals surface area contributed by atoms with Gasteiger partial charge in [-0.05, 0) is 31.5 Å². The van der Waals surface area contributed by atoms with E-state index in [1.165, 1.54) is 0 Å². The predicted molar refractivity (Wildman–Crippen MR) is 63.3 cm³/mol. The van der Waals surface area contributed by atoms with Crippen molar-refractivity contribution in [2.45, 2.75) is 18.9 Å². The number of rotatable bonds is 1. The van der Waals surface area contributed by atoms with E-state index in [1.54, 1.807) is 6.07 Å². The topological polar surface area (TPSA) is 49.5 Å². The number of hydrogen-bond donors (Lipinski definition) is 2. The van der Waals surface area contributed by atoms with Gasteiger partial charge in [0.25, 0.3) is 0 Å². The molecule has 1 aliphatic heterocycles. The Bertz CT molecular complexity index is 379. The number of benzene rings is 1. The lowest BCUT2D eigenvalue weighted by atomic mass is 10.1. The van der Waals surface area contributed by atoms with Crippen LogP contribution in [0.2, 0.25) is 5.02 Å². The third-order valence-corrected chi connectivity index (χ3v) is 3.02. The molecule has 1 aliphatic rings. The molecule has 2 rings (SSSR count). The normalized spacial score (nSPS) is 25.9. The van der Waals surface area contributed by atoms with E-state index < -0.39 is 5.60 Å². The van der Waals surface area contributed by atoms with E-state index in [0.29, 0.717) is 17.3 Å². The van der Waals surface area contributed by atoms with Gasteiger partial charge in [0.15, 0.2) is 0 Å². The van der Waals surface area contributed by atoms with Gasteiger partial charge in [0, 0.05) is 18.1 Å². The van der Waals surface area contributed by atoms with Gasteiger partial charge in [-0.2, -0.15) is 0 Å². The molecule has 0 bridgehead atoms. The molecule has 3 N–H and O–H groups in total. The Balaban J connectivity index is 2.24. The molecule has 1 heterocycles. The van der Waals surface area contributed by atoms with Crippen LogP contribution in [0, 0.1) is 0 Å². The summed E-state index contributed by atoms with van der Waals surface area (Å²) in [5.41, 5.74) is 6.90. The number of nitrogens with two attached hydrogens (primary N) is 1. The summed E-state index contributed by atoms with van der Waals surface area (Å²) in [7, 11) is 0. The van der Waals surface area contributed by atoms with Crippen LogP contribution in [0.3, 0.4) is 0 Å². The Kier molecular flexibility index (Phi) is 2.52. The summed E-state index contributed by atoms with van der Waals surface area (Å²) in [5, 5.41) is 10.5. The molecule has 1 aromatic rings. The quantitative estimate of drug-likeness (QED) is 0.719. The Labute approximate surface area is 94.4 Å². The SMILES string of the molecule is CC1(O)CCN(c2ccc(Cl)cc2N)C1. The average molecular weight is 227 g/mol. The highest BCUT2D eigenvalue weighted by atomic mass is 35.5. The molecule has 0 amide bonds. The molecule has 3 nitrogen and oxygen atoms in total. The molecule has 15 heavy (non-hydrogen) atoms. The summed E-state index contributed by atoms with van der Waals surface area (Å²) in [6, 6.07) is 5.46. The molecule has 1 unspecified atom stereocenters. The molecule has 1 saturated heterocycles. The first-order valence-corrected chi connectivity index (χ1v) is 5.38. The molecular weight excluding hydrogens is 212 g/mol. The molecule has 82 valence electrons. The maximum atomic E-state index is 9.86. The summed E-state index contributed by atoms with van der Waals surface area (Å²) >= 11 is 5.83. The highest BCUT2D eigenvalue weighted by molar-refractivity contribution is 6.31. The molecule has 0 radical (unpaired) electrons. The Morgan fingerprint density at radius 2 is 2.27 bits per heavy atom. The second-order valence-corrected chi connectivity index (χ2v) is 4.81. The first kappa shape index (κ1) is 10.6. The van der Waals surface area contributed by atoms with Crippen LogP contribution in [0.1, 0.15) is 13.3 Å². The van der Waals surface area contributed by atoms with E-state index >= 15 is 0 Å². The largest absolute Gasteiger partial charge is 0.397 e. The fraction of sp³-hybridized carbons (Fsp3) is 0.455. The predicted octanol–water partition coefficient (Wildman–Crippen LogP) is 1.88. The third kappa shape index (κ3) is 2.19. The fourth-order valence-corrected chi connectivity index (χ4v) is 2.14. The van der Waals surface area contributed by atoms with Crippen LogP contribution in [0.5, 0.6) is 0 Å². The van der Waals surface area contributed by atoms with Crippen molar-refractivity contribution in [2.75, 3.05) is 23.7 Å². The van der Waals surface area contributed by atoms with Crippen molar-refractivity contribution in [1.82, 2.24) is 0 Å². The van der Waals surface area contributed by atoms with Crippen molar-refractivity contribution < 1.29 is 5.11 Å². The number of anilines is 2. The first-order chi connectivity index (χ1) is 6.98. The van der Waals surface area contributed by atoms with Crippen LogP contribution in [0.15, 0.2) is 18.2 Å². The summed E-state index contributed by atoms with van der Waals surface area (Å²) in [5.74, 6) is 0. The van der Waals surface area contributed by atoms with E-state index in [0.717, 1.165) is 18.7 Å². The molecular formula is C11H15ClN2O. The second-order valence-electron chi connectivity index (χ2n) is 4.37.